The number of carbonyl (C=O) groups excluding carboxylic acids is 2. The molecule has 0 spiro atoms. The molecule has 0 bridgehead atoms. The lowest BCUT2D eigenvalue weighted by molar-refractivity contribution is -0.119. The molecule has 0 aliphatic carbocycles. The Morgan fingerprint density at radius 2 is 1.71 bits per heavy atom. The van der Waals surface area contributed by atoms with E-state index in [2.05, 4.69) is 5.32 Å². The predicted molar refractivity (Wildman–Crippen MR) is 107 cm³/mol. The van der Waals surface area contributed by atoms with Gasteiger partial charge in [-0.2, -0.15) is 0 Å². The van der Waals surface area contributed by atoms with Crippen molar-refractivity contribution in [1.82, 2.24) is 4.90 Å². The summed E-state index contributed by atoms with van der Waals surface area (Å²) in [5, 5.41) is 3.66. The minimum atomic E-state index is -0.557. The molecule has 1 fully saturated rings. The summed E-state index contributed by atoms with van der Waals surface area (Å²) >= 11 is 12.0. The van der Waals surface area contributed by atoms with Crippen molar-refractivity contribution in [3.63, 3.8) is 0 Å². The van der Waals surface area contributed by atoms with Crippen LogP contribution in [0.2, 0.25) is 10.0 Å². The molecule has 2 amide bonds. The molecule has 0 saturated carbocycles. The van der Waals surface area contributed by atoms with Crippen molar-refractivity contribution < 1.29 is 19.1 Å². The van der Waals surface area contributed by atoms with Crippen LogP contribution in [0, 0.1) is 0 Å². The molecule has 1 unspecified atom stereocenters. The zero-order valence-corrected chi connectivity index (χ0v) is 16.4. The van der Waals surface area contributed by atoms with Gasteiger partial charge in [-0.25, -0.2) is 0 Å². The minimum Gasteiger partial charge on any atom is -0.486 e. The van der Waals surface area contributed by atoms with Crippen molar-refractivity contribution in [2.45, 2.75) is 18.9 Å². The van der Waals surface area contributed by atoms with Crippen molar-refractivity contribution in [2.24, 2.45) is 0 Å². The SMILES string of the molecule is O=C(Nc1cc(Cl)cc(Cl)c1)C1CCCN1C(=O)c1ccc2c(c1)OCCO2. The van der Waals surface area contributed by atoms with E-state index in [-0.39, 0.29) is 11.8 Å². The summed E-state index contributed by atoms with van der Waals surface area (Å²) < 4.78 is 11.0. The van der Waals surface area contributed by atoms with E-state index in [9.17, 15) is 9.59 Å². The van der Waals surface area contributed by atoms with Crippen molar-refractivity contribution in [3.8, 4) is 11.5 Å². The van der Waals surface area contributed by atoms with Crippen LogP contribution in [0.1, 0.15) is 23.2 Å². The average molecular weight is 421 g/mol. The fourth-order valence-electron chi connectivity index (χ4n) is 3.48. The zero-order chi connectivity index (χ0) is 19.7. The highest BCUT2D eigenvalue weighted by Gasteiger charge is 2.35. The van der Waals surface area contributed by atoms with Crippen LogP contribution in [-0.2, 0) is 4.79 Å². The minimum absolute atomic E-state index is 0.209. The first kappa shape index (κ1) is 18.9. The number of hydrogen-bond donors (Lipinski definition) is 1. The summed E-state index contributed by atoms with van der Waals surface area (Å²) in [6, 6.07) is 9.35. The summed E-state index contributed by atoms with van der Waals surface area (Å²) in [5.41, 5.74) is 0.968. The van der Waals surface area contributed by atoms with Gasteiger partial charge in [0.2, 0.25) is 5.91 Å². The smallest absolute Gasteiger partial charge is 0.254 e. The van der Waals surface area contributed by atoms with Gasteiger partial charge in [-0.3, -0.25) is 9.59 Å². The van der Waals surface area contributed by atoms with Gasteiger partial charge in [-0.05, 0) is 49.2 Å². The predicted octanol–water partition coefficient (Wildman–Crippen LogP) is 4.01. The molecule has 1 saturated heterocycles. The Kier molecular flexibility index (Phi) is 5.33. The zero-order valence-electron chi connectivity index (χ0n) is 14.9. The van der Waals surface area contributed by atoms with Crippen LogP contribution in [0.15, 0.2) is 36.4 Å². The molecule has 2 aromatic rings. The monoisotopic (exact) mass is 420 g/mol. The fourth-order valence-corrected chi connectivity index (χ4v) is 4.00. The number of rotatable bonds is 3. The standard InChI is InChI=1S/C20H18Cl2N2O4/c21-13-9-14(22)11-15(10-13)23-19(25)16-2-1-5-24(16)20(26)12-3-4-17-18(8-12)28-7-6-27-17/h3-4,8-11,16H,1-2,5-7H2,(H,23,25). The Balaban J connectivity index is 1.51. The van der Waals surface area contributed by atoms with Gasteiger partial charge in [0.25, 0.3) is 5.91 Å². The molecule has 1 atom stereocenters. The average Bonchev–Trinajstić information content (AvgIpc) is 3.16. The number of benzene rings is 2. The number of fused-ring (bicyclic) bond motifs is 1. The highest BCUT2D eigenvalue weighted by Crippen LogP contribution is 2.32. The number of amides is 2. The summed E-state index contributed by atoms with van der Waals surface area (Å²) in [5.74, 6) is 0.697. The molecule has 2 aliphatic heterocycles. The van der Waals surface area contributed by atoms with Crippen molar-refractivity contribution in [1.29, 1.82) is 0 Å². The molecule has 6 nitrogen and oxygen atoms in total. The highest BCUT2D eigenvalue weighted by molar-refractivity contribution is 6.35. The van der Waals surface area contributed by atoms with E-state index >= 15 is 0 Å². The summed E-state index contributed by atoms with van der Waals surface area (Å²) in [7, 11) is 0. The van der Waals surface area contributed by atoms with E-state index in [1.54, 1.807) is 41.3 Å². The Bertz CT molecular complexity index is 914. The van der Waals surface area contributed by atoms with E-state index in [0.29, 0.717) is 59.0 Å². The lowest BCUT2D eigenvalue weighted by Gasteiger charge is -2.25. The normalized spacial score (nSPS) is 18.1. The molecule has 0 aromatic heterocycles. The quantitative estimate of drug-likeness (QED) is 0.814. The number of carbonyl (C=O) groups is 2. The number of halogens is 2. The van der Waals surface area contributed by atoms with Gasteiger partial charge in [0.15, 0.2) is 11.5 Å². The van der Waals surface area contributed by atoms with Crippen LogP contribution in [0.4, 0.5) is 5.69 Å². The number of ether oxygens (including phenoxy) is 2. The molecule has 2 aliphatic rings. The maximum atomic E-state index is 13.0. The largest absolute Gasteiger partial charge is 0.486 e. The summed E-state index contributed by atoms with van der Waals surface area (Å²) in [4.78, 5) is 27.4. The molecule has 2 aromatic carbocycles. The van der Waals surface area contributed by atoms with E-state index < -0.39 is 6.04 Å². The lowest BCUT2D eigenvalue weighted by atomic mass is 10.1. The molecular formula is C20H18Cl2N2O4. The second kappa shape index (κ2) is 7.89. The van der Waals surface area contributed by atoms with E-state index in [1.165, 1.54) is 0 Å². The maximum Gasteiger partial charge on any atom is 0.254 e. The molecular weight excluding hydrogens is 403 g/mol. The fraction of sp³-hybridized carbons (Fsp3) is 0.300. The number of anilines is 1. The van der Waals surface area contributed by atoms with Crippen LogP contribution in [-0.4, -0.2) is 42.5 Å². The molecule has 28 heavy (non-hydrogen) atoms. The first-order valence-electron chi connectivity index (χ1n) is 8.99. The number of nitrogens with one attached hydrogen (secondary N) is 1. The Hall–Kier alpha value is -2.44. The van der Waals surface area contributed by atoms with Gasteiger partial charge in [0.05, 0.1) is 0 Å². The molecule has 1 N–H and O–H groups in total. The van der Waals surface area contributed by atoms with Gasteiger partial charge < -0.3 is 19.7 Å². The topological polar surface area (TPSA) is 67.9 Å². The highest BCUT2D eigenvalue weighted by atomic mass is 35.5. The van der Waals surface area contributed by atoms with Crippen molar-refractivity contribution in [3.05, 3.63) is 52.0 Å². The maximum absolute atomic E-state index is 13.0. The first-order chi connectivity index (χ1) is 13.5. The van der Waals surface area contributed by atoms with Gasteiger partial charge >= 0.3 is 0 Å². The van der Waals surface area contributed by atoms with Gasteiger partial charge in [0.1, 0.15) is 19.3 Å². The number of hydrogen-bond acceptors (Lipinski definition) is 4. The Morgan fingerprint density at radius 3 is 2.46 bits per heavy atom. The first-order valence-corrected chi connectivity index (χ1v) is 9.74. The number of likely N-dealkylation sites (tertiary alicyclic amines) is 1. The third-order valence-corrected chi connectivity index (χ3v) is 5.17. The van der Waals surface area contributed by atoms with Crippen molar-refractivity contribution >= 4 is 40.7 Å². The van der Waals surface area contributed by atoms with Gasteiger partial charge in [-0.15, -0.1) is 0 Å². The van der Waals surface area contributed by atoms with E-state index in [0.717, 1.165) is 6.42 Å². The second-order valence-electron chi connectivity index (χ2n) is 6.66. The second-order valence-corrected chi connectivity index (χ2v) is 7.54. The third kappa shape index (κ3) is 3.88. The molecule has 8 heteroatoms. The van der Waals surface area contributed by atoms with Crippen LogP contribution in [0.25, 0.3) is 0 Å². The van der Waals surface area contributed by atoms with E-state index in [1.807, 2.05) is 0 Å². The molecule has 4 rings (SSSR count). The lowest BCUT2D eigenvalue weighted by Crippen LogP contribution is -2.43. The summed E-state index contributed by atoms with van der Waals surface area (Å²) in [6.07, 6.45) is 1.35. The van der Waals surface area contributed by atoms with Crippen LogP contribution >= 0.6 is 23.2 Å². The molecule has 146 valence electrons. The van der Waals surface area contributed by atoms with E-state index in [4.69, 9.17) is 32.7 Å². The van der Waals surface area contributed by atoms with Crippen LogP contribution in [0.5, 0.6) is 11.5 Å². The summed E-state index contributed by atoms with van der Waals surface area (Å²) in [6.45, 7) is 1.45. The van der Waals surface area contributed by atoms with Crippen LogP contribution in [0.3, 0.4) is 0 Å². The van der Waals surface area contributed by atoms with Crippen molar-refractivity contribution in [2.75, 3.05) is 25.1 Å². The van der Waals surface area contributed by atoms with Gasteiger partial charge in [-0.1, -0.05) is 23.2 Å². The Labute approximate surface area is 172 Å². The van der Waals surface area contributed by atoms with Crippen LogP contribution < -0.4 is 14.8 Å². The Morgan fingerprint density at radius 1 is 1.00 bits per heavy atom. The van der Waals surface area contributed by atoms with Gasteiger partial charge in [0, 0.05) is 27.8 Å². The molecule has 2 heterocycles. The number of nitrogens with zero attached hydrogens (tertiary/aromatic N) is 1. The molecule has 0 radical (unpaired) electrons. The third-order valence-electron chi connectivity index (χ3n) is 4.74.